The zero-order valence-corrected chi connectivity index (χ0v) is 17.2. The lowest BCUT2D eigenvalue weighted by Gasteiger charge is -2.26. The van der Waals surface area contributed by atoms with Gasteiger partial charge in [0.1, 0.15) is 29.8 Å². The summed E-state index contributed by atoms with van der Waals surface area (Å²) in [5, 5.41) is 0. The highest BCUT2D eigenvalue weighted by Crippen LogP contribution is 2.23. The molecule has 1 atom stereocenters. The van der Waals surface area contributed by atoms with E-state index in [0.29, 0.717) is 19.7 Å². The quantitative estimate of drug-likeness (QED) is 0.742. The first-order valence-electron chi connectivity index (χ1n) is 10.1. The second-order valence-corrected chi connectivity index (χ2v) is 8.23. The van der Waals surface area contributed by atoms with Crippen LogP contribution in [0.3, 0.4) is 0 Å². The van der Waals surface area contributed by atoms with Gasteiger partial charge in [-0.2, -0.15) is 0 Å². The van der Waals surface area contributed by atoms with E-state index in [2.05, 4.69) is 4.90 Å². The molecule has 0 spiro atoms. The fourth-order valence-electron chi connectivity index (χ4n) is 3.24. The van der Waals surface area contributed by atoms with Crippen molar-refractivity contribution < 1.29 is 23.7 Å². The highest BCUT2D eigenvalue weighted by molar-refractivity contribution is 5.68. The molecule has 28 heavy (non-hydrogen) atoms. The van der Waals surface area contributed by atoms with Gasteiger partial charge in [0.2, 0.25) is 0 Å². The van der Waals surface area contributed by atoms with Crippen molar-refractivity contribution in [2.24, 2.45) is 0 Å². The molecule has 2 heterocycles. The molecule has 7 nitrogen and oxygen atoms in total. The summed E-state index contributed by atoms with van der Waals surface area (Å²) in [6.45, 7) is 11.9. The largest absolute Gasteiger partial charge is 0.492 e. The molecule has 2 fully saturated rings. The predicted molar refractivity (Wildman–Crippen MR) is 106 cm³/mol. The number of rotatable bonds is 6. The van der Waals surface area contributed by atoms with Gasteiger partial charge in [0.25, 0.3) is 0 Å². The molecule has 2 aliphatic rings. The van der Waals surface area contributed by atoms with E-state index in [9.17, 15) is 4.79 Å². The van der Waals surface area contributed by atoms with Crippen LogP contribution in [0.15, 0.2) is 24.3 Å². The molecule has 156 valence electrons. The van der Waals surface area contributed by atoms with E-state index in [-0.39, 0.29) is 12.2 Å². The molecular formula is C21H32N2O5. The minimum atomic E-state index is -0.479. The Balaban J connectivity index is 1.39. The molecule has 3 rings (SSSR count). The first-order valence-corrected chi connectivity index (χ1v) is 10.1. The molecule has 0 unspecified atom stereocenters. The van der Waals surface area contributed by atoms with Crippen LogP contribution < -0.4 is 9.47 Å². The van der Waals surface area contributed by atoms with Crippen LogP contribution in [0.25, 0.3) is 0 Å². The smallest absolute Gasteiger partial charge is 0.410 e. The van der Waals surface area contributed by atoms with Crippen LogP contribution in [-0.2, 0) is 9.47 Å². The molecule has 7 heteroatoms. The van der Waals surface area contributed by atoms with Crippen LogP contribution in [0.2, 0.25) is 0 Å². The number of ether oxygens (including phenoxy) is 4. The van der Waals surface area contributed by atoms with Crippen LogP contribution in [0.5, 0.6) is 11.5 Å². The highest BCUT2D eigenvalue weighted by atomic mass is 16.6. The summed E-state index contributed by atoms with van der Waals surface area (Å²) in [5.41, 5.74) is -0.479. The topological polar surface area (TPSA) is 60.5 Å². The van der Waals surface area contributed by atoms with Crippen LogP contribution in [0.1, 0.15) is 27.2 Å². The number of benzene rings is 1. The summed E-state index contributed by atoms with van der Waals surface area (Å²) in [6, 6.07) is 7.69. The third-order valence-corrected chi connectivity index (χ3v) is 4.70. The van der Waals surface area contributed by atoms with Crippen LogP contribution in [0, 0.1) is 0 Å². The Labute approximate surface area is 167 Å². The fourth-order valence-corrected chi connectivity index (χ4v) is 3.24. The minimum Gasteiger partial charge on any atom is -0.492 e. The van der Waals surface area contributed by atoms with Gasteiger partial charge in [-0.05, 0) is 45.0 Å². The highest BCUT2D eigenvalue weighted by Gasteiger charge is 2.30. The zero-order chi connectivity index (χ0) is 20.0. The van der Waals surface area contributed by atoms with Gasteiger partial charge in [0.05, 0.1) is 19.8 Å². The van der Waals surface area contributed by atoms with Crippen molar-refractivity contribution in [3.8, 4) is 11.5 Å². The number of carbonyl (C=O) groups excluding carboxylic acids is 1. The summed E-state index contributed by atoms with van der Waals surface area (Å²) in [4.78, 5) is 16.2. The third-order valence-electron chi connectivity index (χ3n) is 4.70. The lowest BCUT2D eigenvalue weighted by atomic mass is 10.2. The zero-order valence-electron chi connectivity index (χ0n) is 17.2. The van der Waals surface area contributed by atoms with Crippen molar-refractivity contribution in [1.29, 1.82) is 0 Å². The van der Waals surface area contributed by atoms with Crippen LogP contribution in [-0.4, -0.2) is 80.1 Å². The first kappa shape index (κ1) is 20.7. The maximum Gasteiger partial charge on any atom is 0.410 e. The maximum absolute atomic E-state index is 12.1. The lowest BCUT2D eigenvalue weighted by molar-refractivity contribution is 0.0275. The summed E-state index contributed by atoms with van der Waals surface area (Å²) >= 11 is 0. The van der Waals surface area contributed by atoms with Crippen LogP contribution >= 0.6 is 0 Å². The van der Waals surface area contributed by atoms with Crippen molar-refractivity contribution in [3.05, 3.63) is 24.3 Å². The first-order chi connectivity index (χ1) is 13.4. The van der Waals surface area contributed by atoms with E-state index in [1.165, 1.54) is 0 Å². The number of hydrogen-bond donors (Lipinski definition) is 0. The second-order valence-electron chi connectivity index (χ2n) is 8.23. The van der Waals surface area contributed by atoms with Crippen molar-refractivity contribution in [1.82, 2.24) is 9.80 Å². The summed E-state index contributed by atoms with van der Waals surface area (Å²) in [5.74, 6) is 1.62. The van der Waals surface area contributed by atoms with Gasteiger partial charge in [0, 0.05) is 32.6 Å². The molecule has 0 bridgehead atoms. The van der Waals surface area contributed by atoms with E-state index in [1.54, 1.807) is 4.90 Å². The Morgan fingerprint density at radius 1 is 1.11 bits per heavy atom. The van der Waals surface area contributed by atoms with E-state index < -0.39 is 5.60 Å². The molecule has 0 radical (unpaired) electrons. The molecule has 0 N–H and O–H groups in total. The predicted octanol–water partition coefficient (Wildman–Crippen LogP) is 2.79. The SMILES string of the molecule is CC(C)(C)OC(=O)N1CC[C@H](Oc2ccc(OCCN3CCOCC3)cc2)C1. The number of likely N-dealkylation sites (tertiary alicyclic amines) is 1. The van der Waals surface area contributed by atoms with Gasteiger partial charge < -0.3 is 23.8 Å². The number of nitrogens with zero attached hydrogens (tertiary/aromatic N) is 2. The monoisotopic (exact) mass is 392 g/mol. The van der Waals surface area contributed by atoms with Gasteiger partial charge in [-0.1, -0.05) is 0 Å². The number of morpholine rings is 1. The maximum atomic E-state index is 12.1. The molecule has 1 aromatic rings. The molecule has 0 saturated carbocycles. The average molecular weight is 392 g/mol. The lowest BCUT2D eigenvalue weighted by Crippen LogP contribution is -2.38. The Bertz CT molecular complexity index is 623. The number of amides is 1. The molecule has 1 aromatic carbocycles. The van der Waals surface area contributed by atoms with E-state index in [4.69, 9.17) is 18.9 Å². The standard InChI is InChI=1S/C21H32N2O5/c1-21(2,3)28-20(24)23-9-8-19(16-23)27-18-6-4-17(5-7-18)26-15-12-22-10-13-25-14-11-22/h4-7,19H,8-16H2,1-3H3/t19-/m0/s1. The van der Waals surface area contributed by atoms with E-state index >= 15 is 0 Å². The molecule has 1 amide bonds. The molecule has 2 saturated heterocycles. The fraction of sp³-hybridized carbons (Fsp3) is 0.667. The van der Waals surface area contributed by atoms with Gasteiger partial charge in [-0.3, -0.25) is 4.90 Å². The number of carbonyl (C=O) groups is 1. The summed E-state index contributed by atoms with van der Waals surface area (Å²) in [6.07, 6.45) is 0.514. The Hall–Kier alpha value is -1.99. The minimum absolute atomic E-state index is 0.0133. The van der Waals surface area contributed by atoms with Crippen LogP contribution in [0.4, 0.5) is 4.79 Å². The molecular weight excluding hydrogens is 360 g/mol. The third kappa shape index (κ3) is 6.56. The molecule has 0 aromatic heterocycles. The Morgan fingerprint density at radius 3 is 2.46 bits per heavy atom. The van der Waals surface area contributed by atoms with Crippen molar-refractivity contribution in [2.45, 2.75) is 38.9 Å². The van der Waals surface area contributed by atoms with E-state index in [1.807, 2.05) is 45.0 Å². The van der Waals surface area contributed by atoms with Gasteiger partial charge in [0.15, 0.2) is 0 Å². The van der Waals surface area contributed by atoms with Gasteiger partial charge in [-0.25, -0.2) is 4.79 Å². The normalized spacial score (nSPS) is 20.8. The van der Waals surface area contributed by atoms with Crippen molar-refractivity contribution in [2.75, 3.05) is 52.5 Å². The van der Waals surface area contributed by atoms with Crippen molar-refractivity contribution >= 4 is 6.09 Å². The summed E-state index contributed by atoms with van der Waals surface area (Å²) < 4.78 is 22.6. The Kier molecular flexibility index (Phi) is 7.02. The van der Waals surface area contributed by atoms with E-state index in [0.717, 1.165) is 50.8 Å². The molecule has 2 aliphatic heterocycles. The average Bonchev–Trinajstić information content (AvgIpc) is 3.11. The van der Waals surface area contributed by atoms with Gasteiger partial charge >= 0.3 is 6.09 Å². The molecule has 0 aliphatic carbocycles. The summed E-state index contributed by atoms with van der Waals surface area (Å²) in [7, 11) is 0. The number of hydrogen-bond acceptors (Lipinski definition) is 6. The second kappa shape index (κ2) is 9.47. The Morgan fingerprint density at radius 2 is 1.79 bits per heavy atom. The van der Waals surface area contributed by atoms with Crippen molar-refractivity contribution in [3.63, 3.8) is 0 Å². The van der Waals surface area contributed by atoms with Gasteiger partial charge in [-0.15, -0.1) is 0 Å².